The second-order valence-electron chi connectivity index (χ2n) is 10.3. The van der Waals surface area contributed by atoms with Gasteiger partial charge >= 0.3 is 0 Å². The number of benzene rings is 1. The van der Waals surface area contributed by atoms with Crippen molar-refractivity contribution >= 4 is 5.69 Å². The molecule has 0 fully saturated rings. The molecule has 0 saturated carbocycles. The normalized spacial score (nSPS) is 23.0. The van der Waals surface area contributed by atoms with Crippen molar-refractivity contribution in [1.29, 1.82) is 0 Å². The summed E-state index contributed by atoms with van der Waals surface area (Å²) in [5.74, 6) is 0. The maximum absolute atomic E-state index is 3.79. The first-order valence-corrected chi connectivity index (χ1v) is 10.8. The van der Waals surface area contributed by atoms with Crippen molar-refractivity contribution in [2.45, 2.75) is 86.0 Å². The molecule has 0 aliphatic heterocycles. The van der Waals surface area contributed by atoms with Crippen LogP contribution in [0.2, 0.25) is 0 Å². The van der Waals surface area contributed by atoms with E-state index in [2.05, 4.69) is 70.3 Å². The molecular formula is C25H39N. The lowest BCUT2D eigenvalue weighted by Gasteiger charge is -2.41. The molecule has 1 N–H and O–H groups in total. The third-order valence-electron chi connectivity index (χ3n) is 7.23. The molecular weight excluding hydrogens is 314 g/mol. The van der Waals surface area contributed by atoms with Crippen LogP contribution >= 0.6 is 0 Å². The molecule has 3 rings (SSSR count). The summed E-state index contributed by atoms with van der Waals surface area (Å²) in [6.07, 6.45) is 10.7. The van der Waals surface area contributed by atoms with Crippen LogP contribution in [0.15, 0.2) is 41.5 Å². The molecule has 0 saturated heterocycles. The van der Waals surface area contributed by atoms with Crippen molar-refractivity contribution in [3.05, 3.63) is 41.5 Å². The van der Waals surface area contributed by atoms with Gasteiger partial charge in [0.1, 0.15) is 0 Å². The highest BCUT2D eigenvalue weighted by Gasteiger charge is 2.49. The molecule has 0 unspecified atom stereocenters. The van der Waals surface area contributed by atoms with Gasteiger partial charge in [-0.15, -0.1) is 0 Å². The van der Waals surface area contributed by atoms with Crippen LogP contribution in [0.1, 0.15) is 86.0 Å². The smallest absolute Gasteiger partial charge is 0.0340 e. The second-order valence-corrected chi connectivity index (χ2v) is 10.3. The molecule has 1 heteroatoms. The van der Waals surface area contributed by atoms with E-state index in [1.807, 2.05) is 0 Å². The number of hydrogen-bond donors (Lipinski definition) is 1. The van der Waals surface area contributed by atoms with Crippen LogP contribution < -0.4 is 5.32 Å². The van der Waals surface area contributed by atoms with Gasteiger partial charge in [-0.05, 0) is 60.5 Å². The maximum Gasteiger partial charge on any atom is 0.0340 e. The minimum atomic E-state index is 0.393. The van der Waals surface area contributed by atoms with Gasteiger partial charge in [0.15, 0.2) is 0 Å². The number of allylic oxidation sites excluding steroid dienone is 2. The summed E-state index contributed by atoms with van der Waals surface area (Å²) in [5.41, 5.74) is 6.08. The Kier molecular flexibility index (Phi) is 5.56. The van der Waals surface area contributed by atoms with Crippen molar-refractivity contribution in [3.63, 3.8) is 0 Å². The zero-order valence-electron chi connectivity index (χ0n) is 17.8. The molecule has 0 heterocycles. The van der Waals surface area contributed by atoms with E-state index >= 15 is 0 Å². The first-order chi connectivity index (χ1) is 12.3. The van der Waals surface area contributed by atoms with E-state index in [1.54, 1.807) is 11.1 Å². The molecule has 1 nitrogen and oxygen atoms in total. The molecule has 0 aromatic heterocycles. The molecule has 0 bridgehead atoms. The summed E-state index contributed by atoms with van der Waals surface area (Å²) in [6.45, 7) is 13.4. The predicted octanol–water partition coefficient (Wildman–Crippen LogP) is 7.60. The average Bonchev–Trinajstić information content (AvgIpc) is 3.02. The standard InChI is InChI=1S/C25H39N/c1-6-7-11-14-25(19-26-20-12-9-8-10-13-20)17-21-22(18-25)24(4,5)16-15-23(21,2)3/h8-10,12-13,26H,6-7,11,14-19H2,1-5H3. The Hall–Kier alpha value is -1.24. The van der Waals surface area contributed by atoms with Crippen molar-refractivity contribution in [2.75, 3.05) is 11.9 Å². The number of hydrogen-bond acceptors (Lipinski definition) is 1. The van der Waals surface area contributed by atoms with E-state index in [0.29, 0.717) is 16.2 Å². The third-order valence-corrected chi connectivity index (χ3v) is 7.23. The summed E-state index contributed by atoms with van der Waals surface area (Å²) < 4.78 is 0. The Morgan fingerprint density at radius 3 is 1.96 bits per heavy atom. The summed E-state index contributed by atoms with van der Waals surface area (Å²) in [4.78, 5) is 0. The minimum Gasteiger partial charge on any atom is -0.384 e. The largest absolute Gasteiger partial charge is 0.384 e. The first-order valence-electron chi connectivity index (χ1n) is 10.8. The van der Waals surface area contributed by atoms with Gasteiger partial charge in [0.2, 0.25) is 0 Å². The zero-order valence-corrected chi connectivity index (χ0v) is 17.8. The number of unbranched alkanes of at least 4 members (excludes halogenated alkanes) is 2. The molecule has 0 atom stereocenters. The Labute approximate surface area is 161 Å². The van der Waals surface area contributed by atoms with Crippen LogP contribution in [0, 0.1) is 16.2 Å². The summed E-state index contributed by atoms with van der Waals surface area (Å²) in [5, 5.41) is 3.79. The van der Waals surface area contributed by atoms with E-state index in [0.717, 1.165) is 6.54 Å². The zero-order chi connectivity index (χ0) is 18.8. The lowest BCUT2D eigenvalue weighted by atomic mass is 9.64. The fourth-order valence-corrected chi connectivity index (χ4v) is 5.23. The molecule has 0 radical (unpaired) electrons. The molecule has 0 amide bonds. The highest BCUT2D eigenvalue weighted by atomic mass is 14.9. The summed E-state index contributed by atoms with van der Waals surface area (Å²) in [7, 11) is 0. The lowest BCUT2D eigenvalue weighted by Crippen LogP contribution is -2.29. The SMILES string of the molecule is CCCCCC1(CNc2ccccc2)CC2=C(C1)C(C)(C)CCC2(C)C. The Balaban J connectivity index is 1.82. The average molecular weight is 354 g/mol. The van der Waals surface area contributed by atoms with Crippen LogP contribution in [0.5, 0.6) is 0 Å². The molecule has 144 valence electrons. The van der Waals surface area contributed by atoms with Crippen molar-refractivity contribution in [2.24, 2.45) is 16.2 Å². The monoisotopic (exact) mass is 353 g/mol. The minimum absolute atomic E-state index is 0.393. The fraction of sp³-hybridized carbons (Fsp3) is 0.680. The quantitative estimate of drug-likeness (QED) is 0.393. The summed E-state index contributed by atoms with van der Waals surface area (Å²) >= 11 is 0. The fourth-order valence-electron chi connectivity index (χ4n) is 5.23. The van der Waals surface area contributed by atoms with Gasteiger partial charge in [0, 0.05) is 12.2 Å². The van der Waals surface area contributed by atoms with E-state index < -0.39 is 0 Å². The highest BCUT2D eigenvalue weighted by molar-refractivity contribution is 5.44. The van der Waals surface area contributed by atoms with Gasteiger partial charge < -0.3 is 5.32 Å². The predicted molar refractivity (Wildman–Crippen MR) is 115 cm³/mol. The maximum atomic E-state index is 3.79. The molecule has 26 heavy (non-hydrogen) atoms. The Morgan fingerprint density at radius 2 is 1.42 bits per heavy atom. The Morgan fingerprint density at radius 1 is 0.846 bits per heavy atom. The van der Waals surface area contributed by atoms with E-state index in [1.165, 1.54) is 57.1 Å². The van der Waals surface area contributed by atoms with Crippen LogP contribution in [0.3, 0.4) is 0 Å². The van der Waals surface area contributed by atoms with Crippen LogP contribution in [-0.2, 0) is 0 Å². The van der Waals surface area contributed by atoms with Crippen molar-refractivity contribution in [1.82, 2.24) is 0 Å². The molecule has 1 aromatic rings. The second kappa shape index (κ2) is 7.41. The van der Waals surface area contributed by atoms with Gasteiger partial charge in [-0.1, -0.05) is 83.2 Å². The highest BCUT2D eigenvalue weighted by Crippen LogP contribution is 2.60. The van der Waals surface area contributed by atoms with E-state index in [-0.39, 0.29) is 0 Å². The van der Waals surface area contributed by atoms with Gasteiger partial charge in [0.25, 0.3) is 0 Å². The number of nitrogens with one attached hydrogen (secondary N) is 1. The number of anilines is 1. The van der Waals surface area contributed by atoms with E-state index in [4.69, 9.17) is 0 Å². The van der Waals surface area contributed by atoms with Crippen LogP contribution in [0.25, 0.3) is 0 Å². The van der Waals surface area contributed by atoms with Crippen LogP contribution in [0.4, 0.5) is 5.69 Å². The van der Waals surface area contributed by atoms with Gasteiger partial charge in [0.05, 0.1) is 0 Å². The summed E-state index contributed by atoms with van der Waals surface area (Å²) in [6, 6.07) is 10.8. The van der Waals surface area contributed by atoms with Crippen molar-refractivity contribution in [3.8, 4) is 0 Å². The molecule has 2 aliphatic carbocycles. The van der Waals surface area contributed by atoms with Crippen molar-refractivity contribution < 1.29 is 0 Å². The molecule has 1 aromatic carbocycles. The number of para-hydroxylation sites is 1. The lowest BCUT2D eigenvalue weighted by molar-refractivity contribution is 0.262. The molecule has 2 aliphatic rings. The molecule has 0 spiro atoms. The van der Waals surface area contributed by atoms with E-state index in [9.17, 15) is 0 Å². The third kappa shape index (κ3) is 4.02. The topological polar surface area (TPSA) is 12.0 Å². The Bertz CT molecular complexity index is 607. The van der Waals surface area contributed by atoms with Gasteiger partial charge in [-0.25, -0.2) is 0 Å². The van der Waals surface area contributed by atoms with Gasteiger partial charge in [-0.2, -0.15) is 0 Å². The first kappa shape index (κ1) is 19.5. The van der Waals surface area contributed by atoms with Crippen LogP contribution in [-0.4, -0.2) is 6.54 Å². The van der Waals surface area contributed by atoms with Gasteiger partial charge in [-0.3, -0.25) is 0 Å². The number of rotatable bonds is 7.